The summed E-state index contributed by atoms with van der Waals surface area (Å²) in [5.74, 6) is 0. The van der Waals surface area contributed by atoms with Gasteiger partial charge in [-0.1, -0.05) is 37.1 Å². The number of hydrogen-bond acceptors (Lipinski definition) is 2. The third-order valence-corrected chi connectivity index (χ3v) is 4.05. The van der Waals surface area contributed by atoms with Crippen molar-refractivity contribution in [2.75, 3.05) is 6.54 Å². The van der Waals surface area contributed by atoms with Gasteiger partial charge in [-0.05, 0) is 10.8 Å². The number of hydrogen-bond donors (Lipinski definition) is 0. The van der Waals surface area contributed by atoms with E-state index in [1.165, 1.54) is 0 Å². The van der Waals surface area contributed by atoms with Gasteiger partial charge >= 0.3 is 0 Å². The van der Waals surface area contributed by atoms with E-state index in [0.29, 0.717) is 0 Å². The van der Waals surface area contributed by atoms with Crippen molar-refractivity contribution < 1.29 is 4.79 Å². The highest BCUT2D eigenvalue weighted by molar-refractivity contribution is 7.13. The Labute approximate surface area is 77.0 Å². The molecule has 0 amide bonds. The SMILES string of the molecule is CC1(C)CN(P)[C@H](C=O)C1(C)C. The average Bonchev–Trinajstić information content (AvgIpc) is 1.99. The molecule has 1 unspecified atom stereocenters. The molecule has 2 atom stereocenters. The molecular formula is C9H18NOP. The van der Waals surface area contributed by atoms with Crippen LogP contribution in [-0.4, -0.2) is 23.5 Å². The van der Waals surface area contributed by atoms with E-state index in [2.05, 4.69) is 41.8 Å². The van der Waals surface area contributed by atoms with Crippen molar-refractivity contribution in [2.24, 2.45) is 10.8 Å². The van der Waals surface area contributed by atoms with Crippen LogP contribution in [0, 0.1) is 10.8 Å². The van der Waals surface area contributed by atoms with Crippen molar-refractivity contribution in [3.05, 3.63) is 0 Å². The normalized spacial score (nSPS) is 33.6. The third kappa shape index (κ3) is 1.22. The van der Waals surface area contributed by atoms with Gasteiger partial charge in [0.15, 0.2) is 0 Å². The topological polar surface area (TPSA) is 20.3 Å². The molecule has 0 spiro atoms. The zero-order chi connectivity index (χ0) is 9.57. The van der Waals surface area contributed by atoms with E-state index in [4.69, 9.17) is 0 Å². The Kier molecular flexibility index (Phi) is 2.35. The summed E-state index contributed by atoms with van der Waals surface area (Å²) in [5, 5.41) is 0. The third-order valence-electron chi connectivity index (χ3n) is 3.55. The molecule has 0 bridgehead atoms. The van der Waals surface area contributed by atoms with Crippen molar-refractivity contribution in [2.45, 2.75) is 33.7 Å². The second-order valence-corrected chi connectivity index (χ2v) is 5.52. The van der Waals surface area contributed by atoms with Crippen LogP contribution in [0.25, 0.3) is 0 Å². The maximum atomic E-state index is 10.9. The van der Waals surface area contributed by atoms with E-state index in [9.17, 15) is 4.79 Å². The van der Waals surface area contributed by atoms with Crippen LogP contribution in [0.15, 0.2) is 0 Å². The molecule has 70 valence electrons. The molecule has 0 saturated carbocycles. The molecule has 0 N–H and O–H groups in total. The predicted molar refractivity (Wildman–Crippen MR) is 53.8 cm³/mol. The van der Waals surface area contributed by atoms with Crippen molar-refractivity contribution in [3.63, 3.8) is 0 Å². The minimum Gasteiger partial charge on any atom is -0.302 e. The van der Waals surface area contributed by atoms with Crippen molar-refractivity contribution >= 4 is 15.7 Å². The summed E-state index contributed by atoms with van der Waals surface area (Å²) in [7, 11) is 2.64. The van der Waals surface area contributed by atoms with Crippen molar-refractivity contribution in [3.8, 4) is 0 Å². The quantitative estimate of drug-likeness (QED) is 0.460. The molecule has 1 rings (SSSR count). The molecule has 1 heterocycles. The molecule has 0 aromatic rings. The minimum absolute atomic E-state index is 0.0394. The second kappa shape index (κ2) is 2.78. The average molecular weight is 187 g/mol. The lowest BCUT2D eigenvalue weighted by Crippen LogP contribution is -2.38. The van der Waals surface area contributed by atoms with Gasteiger partial charge in [-0.15, -0.1) is 0 Å². The number of nitrogens with zero attached hydrogens (tertiary/aromatic N) is 1. The molecule has 0 aliphatic carbocycles. The Balaban J connectivity index is 3.00. The fraction of sp³-hybridized carbons (Fsp3) is 0.889. The van der Waals surface area contributed by atoms with Gasteiger partial charge in [-0.3, -0.25) is 4.67 Å². The molecule has 1 fully saturated rings. The molecule has 0 aromatic heterocycles. The Bertz CT molecular complexity index is 201. The molecule has 1 aliphatic rings. The molecule has 1 aliphatic heterocycles. The van der Waals surface area contributed by atoms with Crippen LogP contribution in [0.1, 0.15) is 27.7 Å². The summed E-state index contributed by atoms with van der Waals surface area (Å²) in [6.07, 6.45) is 1.06. The maximum absolute atomic E-state index is 10.9. The van der Waals surface area contributed by atoms with Gasteiger partial charge < -0.3 is 4.79 Å². The van der Waals surface area contributed by atoms with Gasteiger partial charge in [0, 0.05) is 6.54 Å². The van der Waals surface area contributed by atoms with Crippen LogP contribution >= 0.6 is 9.39 Å². The van der Waals surface area contributed by atoms with Gasteiger partial charge in [0.25, 0.3) is 0 Å². The molecule has 0 aromatic carbocycles. The van der Waals surface area contributed by atoms with Crippen molar-refractivity contribution in [1.82, 2.24) is 4.67 Å². The van der Waals surface area contributed by atoms with Gasteiger partial charge in [0.1, 0.15) is 6.29 Å². The fourth-order valence-electron chi connectivity index (χ4n) is 1.82. The van der Waals surface area contributed by atoms with E-state index in [-0.39, 0.29) is 16.9 Å². The molecule has 1 saturated heterocycles. The summed E-state index contributed by atoms with van der Waals surface area (Å²) < 4.78 is 2.06. The predicted octanol–water partition coefficient (Wildman–Crippen LogP) is 1.71. The standard InChI is InChI=1S/C9H18NOP/c1-8(2)6-10(12)7(5-11)9(8,3)4/h5,7H,6,12H2,1-4H3/t7-/m1/s1. The fourth-order valence-corrected chi connectivity index (χ4v) is 2.72. The van der Waals surface area contributed by atoms with Crippen LogP contribution in [0.4, 0.5) is 0 Å². The molecule has 2 nitrogen and oxygen atoms in total. The first-order valence-corrected chi connectivity index (χ1v) is 4.81. The van der Waals surface area contributed by atoms with E-state index >= 15 is 0 Å². The molecular weight excluding hydrogens is 169 g/mol. The number of carbonyl (C=O) groups is 1. The van der Waals surface area contributed by atoms with Gasteiger partial charge in [-0.2, -0.15) is 0 Å². The van der Waals surface area contributed by atoms with Gasteiger partial charge in [0.2, 0.25) is 0 Å². The monoisotopic (exact) mass is 187 g/mol. The van der Waals surface area contributed by atoms with Crippen LogP contribution in [0.3, 0.4) is 0 Å². The lowest BCUT2D eigenvalue weighted by molar-refractivity contribution is -0.113. The summed E-state index contributed by atoms with van der Waals surface area (Å²) in [6, 6.07) is 0.0394. The molecule has 0 radical (unpaired) electrons. The Morgan fingerprint density at radius 2 is 1.92 bits per heavy atom. The van der Waals surface area contributed by atoms with E-state index in [0.717, 1.165) is 12.8 Å². The lowest BCUT2D eigenvalue weighted by atomic mass is 9.68. The first kappa shape index (κ1) is 10.1. The van der Waals surface area contributed by atoms with Crippen LogP contribution in [0.2, 0.25) is 0 Å². The summed E-state index contributed by atoms with van der Waals surface area (Å²) in [4.78, 5) is 10.9. The largest absolute Gasteiger partial charge is 0.302 e. The minimum atomic E-state index is 0.0394. The summed E-state index contributed by atoms with van der Waals surface area (Å²) in [6.45, 7) is 9.72. The first-order chi connectivity index (χ1) is 5.33. The Morgan fingerprint density at radius 3 is 2.08 bits per heavy atom. The smallest absolute Gasteiger partial charge is 0.137 e. The first-order valence-electron chi connectivity index (χ1n) is 4.29. The van der Waals surface area contributed by atoms with Crippen LogP contribution in [0.5, 0.6) is 0 Å². The maximum Gasteiger partial charge on any atom is 0.137 e. The Morgan fingerprint density at radius 1 is 1.42 bits per heavy atom. The second-order valence-electron chi connectivity index (χ2n) is 4.86. The van der Waals surface area contributed by atoms with Gasteiger partial charge in [0.05, 0.1) is 6.04 Å². The molecule has 12 heavy (non-hydrogen) atoms. The van der Waals surface area contributed by atoms with E-state index in [1.54, 1.807) is 0 Å². The highest BCUT2D eigenvalue weighted by Crippen LogP contribution is 2.50. The van der Waals surface area contributed by atoms with E-state index in [1.807, 2.05) is 0 Å². The highest BCUT2D eigenvalue weighted by atomic mass is 31.0. The van der Waals surface area contributed by atoms with Crippen LogP contribution in [-0.2, 0) is 4.79 Å². The Hall–Kier alpha value is 0.0600. The van der Waals surface area contributed by atoms with Crippen LogP contribution < -0.4 is 0 Å². The number of aldehydes is 1. The lowest BCUT2D eigenvalue weighted by Gasteiger charge is -2.35. The molecule has 3 heteroatoms. The summed E-state index contributed by atoms with van der Waals surface area (Å²) >= 11 is 0. The van der Waals surface area contributed by atoms with E-state index < -0.39 is 0 Å². The zero-order valence-corrected chi connectivity index (χ0v) is 9.45. The summed E-state index contributed by atoms with van der Waals surface area (Å²) in [5.41, 5.74) is 0.275. The zero-order valence-electron chi connectivity index (χ0n) is 8.29. The van der Waals surface area contributed by atoms with Gasteiger partial charge in [-0.25, -0.2) is 0 Å². The number of rotatable bonds is 1. The van der Waals surface area contributed by atoms with Crippen molar-refractivity contribution in [1.29, 1.82) is 0 Å². The number of carbonyl (C=O) groups excluding carboxylic acids is 1. The highest BCUT2D eigenvalue weighted by Gasteiger charge is 2.51.